The molecule has 6 heteroatoms. The van der Waals surface area contributed by atoms with Gasteiger partial charge in [-0.25, -0.2) is 9.78 Å². The average Bonchev–Trinajstić information content (AvgIpc) is 2.67. The summed E-state index contributed by atoms with van der Waals surface area (Å²) in [4.78, 5) is 28.2. The minimum Gasteiger partial charge on any atom is -0.477 e. The van der Waals surface area contributed by atoms with Gasteiger partial charge in [0.15, 0.2) is 6.61 Å². The number of rotatable bonds is 6. The highest BCUT2D eigenvalue weighted by Gasteiger charge is 2.16. The Labute approximate surface area is 150 Å². The van der Waals surface area contributed by atoms with Gasteiger partial charge in [-0.1, -0.05) is 30.3 Å². The molecule has 0 fully saturated rings. The maximum absolute atomic E-state index is 12.1. The Morgan fingerprint density at radius 3 is 2.65 bits per heavy atom. The molecule has 0 saturated heterocycles. The molecule has 1 amide bonds. The molecule has 0 radical (unpaired) electrons. The van der Waals surface area contributed by atoms with E-state index in [0.29, 0.717) is 12.3 Å². The first kappa shape index (κ1) is 17.4. The van der Waals surface area contributed by atoms with E-state index in [2.05, 4.69) is 10.3 Å². The minimum absolute atomic E-state index is 0.188. The highest BCUT2D eigenvalue weighted by Crippen LogP contribution is 2.19. The van der Waals surface area contributed by atoms with Crippen molar-refractivity contribution in [2.24, 2.45) is 0 Å². The van der Waals surface area contributed by atoms with Gasteiger partial charge in [-0.3, -0.25) is 4.79 Å². The van der Waals surface area contributed by atoms with Crippen LogP contribution in [0.25, 0.3) is 10.8 Å². The Bertz CT molecular complexity index is 940. The SMILES string of the molecule is CCOc1ncccc1C(=O)OCC(=O)Nc1ccc2ccccc2c1. The quantitative estimate of drug-likeness (QED) is 0.689. The lowest BCUT2D eigenvalue weighted by Gasteiger charge is -2.09. The third-order valence-electron chi connectivity index (χ3n) is 3.64. The topological polar surface area (TPSA) is 77.5 Å². The van der Waals surface area contributed by atoms with Crippen molar-refractivity contribution < 1.29 is 19.1 Å². The number of esters is 1. The molecule has 1 N–H and O–H groups in total. The number of fused-ring (bicyclic) bond motifs is 1. The van der Waals surface area contributed by atoms with Crippen LogP contribution in [0.15, 0.2) is 60.8 Å². The number of anilines is 1. The number of carbonyl (C=O) groups excluding carboxylic acids is 2. The van der Waals surface area contributed by atoms with Crippen molar-refractivity contribution in [3.8, 4) is 5.88 Å². The number of hydrogen-bond donors (Lipinski definition) is 1. The van der Waals surface area contributed by atoms with Crippen molar-refractivity contribution in [3.05, 3.63) is 66.4 Å². The number of nitrogens with zero attached hydrogens (tertiary/aromatic N) is 1. The molecule has 3 rings (SSSR count). The molecule has 0 aliphatic carbocycles. The fraction of sp³-hybridized carbons (Fsp3) is 0.150. The van der Waals surface area contributed by atoms with E-state index in [4.69, 9.17) is 9.47 Å². The van der Waals surface area contributed by atoms with Crippen molar-refractivity contribution in [2.75, 3.05) is 18.5 Å². The molecule has 3 aromatic rings. The summed E-state index contributed by atoms with van der Waals surface area (Å²) < 4.78 is 10.4. The number of nitrogens with one attached hydrogen (secondary N) is 1. The van der Waals surface area contributed by atoms with Crippen molar-refractivity contribution in [3.63, 3.8) is 0 Å². The van der Waals surface area contributed by atoms with Crippen LogP contribution in [0.3, 0.4) is 0 Å². The Hall–Kier alpha value is -3.41. The number of carbonyl (C=O) groups is 2. The molecule has 132 valence electrons. The fourth-order valence-electron chi connectivity index (χ4n) is 2.47. The summed E-state index contributed by atoms with van der Waals surface area (Å²) in [6.45, 7) is 1.77. The molecule has 26 heavy (non-hydrogen) atoms. The summed E-state index contributed by atoms with van der Waals surface area (Å²) in [6, 6.07) is 16.6. The largest absolute Gasteiger partial charge is 0.477 e. The van der Waals surface area contributed by atoms with Crippen LogP contribution in [-0.4, -0.2) is 30.1 Å². The summed E-state index contributed by atoms with van der Waals surface area (Å²) in [7, 11) is 0. The lowest BCUT2D eigenvalue weighted by Crippen LogP contribution is -2.21. The van der Waals surface area contributed by atoms with Crippen LogP contribution in [-0.2, 0) is 9.53 Å². The van der Waals surface area contributed by atoms with E-state index in [1.165, 1.54) is 6.20 Å². The van der Waals surface area contributed by atoms with Gasteiger partial charge in [0.05, 0.1) is 6.61 Å². The molecule has 0 aliphatic heterocycles. The summed E-state index contributed by atoms with van der Waals surface area (Å²) in [5.41, 5.74) is 0.828. The third kappa shape index (κ3) is 4.16. The highest BCUT2D eigenvalue weighted by atomic mass is 16.5. The zero-order valence-electron chi connectivity index (χ0n) is 14.3. The van der Waals surface area contributed by atoms with Gasteiger partial charge in [0.25, 0.3) is 5.91 Å². The predicted octanol–water partition coefficient (Wildman–Crippen LogP) is 3.43. The Balaban J connectivity index is 1.60. The number of benzene rings is 2. The standard InChI is InChI=1S/C20H18N2O4/c1-2-25-19-17(8-5-11-21-19)20(24)26-13-18(23)22-16-10-9-14-6-3-4-7-15(14)12-16/h3-12H,2,13H2,1H3,(H,22,23). The molecule has 0 saturated carbocycles. The van der Waals surface area contributed by atoms with Crippen LogP contribution in [0.1, 0.15) is 17.3 Å². The second-order valence-corrected chi connectivity index (χ2v) is 5.48. The van der Waals surface area contributed by atoms with Crippen molar-refractivity contribution in [1.82, 2.24) is 4.98 Å². The van der Waals surface area contributed by atoms with E-state index < -0.39 is 18.5 Å². The number of aromatic nitrogens is 1. The highest BCUT2D eigenvalue weighted by molar-refractivity contribution is 5.97. The van der Waals surface area contributed by atoms with Crippen LogP contribution in [0.4, 0.5) is 5.69 Å². The smallest absolute Gasteiger partial charge is 0.344 e. The van der Waals surface area contributed by atoms with Gasteiger partial charge in [0.2, 0.25) is 5.88 Å². The van der Waals surface area contributed by atoms with E-state index in [0.717, 1.165) is 10.8 Å². The summed E-state index contributed by atoms with van der Waals surface area (Å²) in [5, 5.41) is 4.81. The van der Waals surface area contributed by atoms with Gasteiger partial charge >= 0.3 is 5.97 Å². The lowest BCUT2D eigenvalue weighted by atomic mass is 10.1. The van der Waals surface area contributed by atoms with Gasteiger partial charge in [0, 0.05) is 11.9 Å². The first-order chi connectivity index (χ1) is 12.7. The monoisotopic (exact) mass is 350 g/mol. The first-order valence-electron chi connectivity index (χ1n) is 8.21. The molecule has 0 unspecified atom stereocenters. The van der Waals surface area contributed by atoms with Crippen LogP contribution < -0.4 is 10.1 Å². The molecular weight excluding hydrogens is 332 g/mol. The van der Waals surface area contributed by atoms with Crippen LogP contribution in [0.5, 0.6) is 5.88 Å². The fourth-order valence-corrected chi connectivity index (χ4v) is 2.47. The Kier molecular flexibility index (Phi) is 5.43. The molecule has 1 heterocycles. The van der Waals surface area contributed by atoms with Gasteiger partial charge in [-0.15, -0.1) is 0 Å². The summed E-state index contributed by atoms with van der Waals surface area (Å²) in [5.74, 6) is -0.888. The molecule has 0 spiro atoms. The molecular formula is C20H18N2O4. The normalized spacial score (nSPS) is 10.3. The minimum atomic E-state index is -0.657. The number of pyridine rings is 1. The maximum Gasteiger partial charge on any atom is 0.344 e. The van der Waals surface area contributed by atoms with Crippen LogP contribution >= 0.6 is 0 Å². The second kappa shape index (κ2) is 8.11. The zero-order chi connectivity index (χ0) is 18.4. The second-order valence-electron chi connectivity index (χ2n) is 5.48. The first-order valence-corrected chi connectivity index (χ1v) is 8.21. The Morgan fingerprint density at radius 1 is 1.04 bits per heavy atom. The number of amides is 1. The van der Waals surface area contributed by atoms with Crippen molar-refractivity contribution >= 4 is 28.3 Å². The lowest BCUT2D eigenvalue weighted by molar-refractivity contribution is -0.119. The van der Waals surface area contributed by atoms with Crippen molar-refractivity contribution in [1.29, 1.82) is 0 Å². The van der Waals surface area contributed by atoms with Crippen molar-refractivity contribution in [2.45, 2.75) is 6.92 Å². The number of ether oxygens (including phenoxy) is 2. The molecule has 0 bridgehead atoms. The zero-order valence-corrected chi connectivity index (χ0v) is 14.3. The molecule has 0 aliphatic rings. The predicted molar refractivity (Wildman–Crippen MR) is 98.3 cm³/mol. The molecule has 6 nitrogen and oxygen atoms in total. The van der Waals surface area contributed by atoms with Crippen LogP contribution in [0.2, 0.25) is 0 Å². The van der Waals surface area contributed by atoms with E-state index in [1.807, 2.05) is 36.4 Å². The van der Waals surface area contributed by atoms with E-state index in [1.54, 1.807) is 25.1 Å². The third-order valence-corrected chi connectivity index (χ3v) is 3.64. The van der Waals surface area contributed by atoms with Gasteiger partial charge in [-0.05, 0) is 42.0 Å². The van der Waals surface area contributed by atoms with E-state index >= 15 is 0 Å². The van der Waals surface area contributed by atoms with Crippen LogP contribution in [0, 0.1) is 0 Å². The average molecular weight is 350 g/mol. The summed E-state index contributed by atoms with van der Waals surface area (Å²) >= 11 is 0. The summed E-state index contributed by atoms with van der Waals surface area (Å²) in [6.07, 6.45) is 1.52. The molecule has 0 atom stereocenters. The molecule has 2 aromatic carbocycles. The van der Waals surface area contributed by atoms with Gasteiger partial charge < -0.3 is 14.8 Å². The number of hydrogen-bond acceptors (Lipinski definition) is 5. The van der Waals surface area contributed by atoms with Gasteiger partial charge in [-0.2, -0.15) is 0 Å². The van der Waals surface area contributed by atoms with E-state index in [9.17, 15) is 9.59 Å². The Morgan fingerprint density at radius 2 is 1.85 bits per heavy atom. The molecule has 1 aromatic heterocycles. The van der Waals surface area contributed by atoms with E-state index in [-0.39, 0.29) is 11.4 Å². The van der Waals surface area contributed by atoms with Gasteiger partial charge in [0.1, 0.15) is 5.56 Å². The maximum atomic E-state index is 12.1.